The lowest BCUT2D eigenvalue weighted by Gasteiger charge is -2.30. The zero-order valence-corrected chi connectivity index (χ0v) is 18.3. The van der Waals surface area contributed by atoms with Crippen molar-refractivity contribution < 1.29 is 18.7 Å². The average molecular weight is 445 g/mol. The molecule has 33 heavy (non-hydrogen) atoms. The minimum Gasteiger partial charge on any atom is -0.449 e. The van der Waals surface area contributed by atoms with E-state index in [0.717, 1.165) is 12.8 Å². The van der Waals surface area contributed by atoms with Crippen molar-refractivity contribution in [2.45, 2.75) is 25.8 Å². The minimum atomic E-state index is -0.454. The third-order valence-electron chi connectivity index (χ3n) is 5.40. The number of hydrogen-bond acceptors (Lipinski definition) is 3. The number of amides is 2. The first kappa shape index (κ1) is 22.3. The maximum absolute atomic E-state index is 13.6. The van der Waals surface area contributed by atoms with Crippen molar-refractivity contribution in [2.75, 3.05) is 11.4 Å². The molecule has 0 radical (unpaired) electrons. The van der Waals surface area contributed by atoms with Crippen LogP contribution in [0.25, 0.3) is 6.08 Å². The summed E-state index contributed by atoms with van der Waals surface area (Å²) in [7, 11) is 0. The van der Waals surface area contributed by atoms with Gasteiger partial charge >= 0.3 is 0 Å². The first-order valence-corrected chi connectivity index (χ1v) is 10.9. The largest absolute Gasteiger partial charge is 0.449 e. The number of benzene rings is 3. The third kappa shape index (κ3) is 5.66. The molecule has 5 nitrogen and oxygen atoms in total. The summed E-state index contributed by atoms with van der Waals surface area (Å²) in [6, 6.07) is 23.0. The highest BCUT2D eigenvalue weighted by Gasteiger charge is 2.31. The maximum atomic E-state index is 13.6. The molecular weight excluding hydrogens is 419 g/mol. The molecule has 1 N–H and O–H groups in total. The Labute approximate surface area is 192 Å². The molecule has 1 aliphatic heterocycles. The second-order valence-electron chi connectivity index (χ2n) is 8.02. The van der Waals surface area contributed by atoms with E-state index in [4.69, 9.17) is 4.74 Å². The molecule has 0 saturated heterocycles. The molecule has 0 aliphatic carbocycles. The summed E-state index contributed by atoms with van der Waals surface area (Å²) >= 11 is 0. The van der Waals surface area contributed by atoms with Crippen molar-refractivity contribution in [3.8, 4) is 5.75 Å². The molecule has 0 fully saturated rings. The van der Waals surface area contributed by atoms with Crippen LogP contribution in [0.1, 0.15) is 24.5 Å². The average Bonchev–Trinajstić information content (AvgIpc) is 2.81. The summed E-state index contributed by atoms with van der Waals surface area (Å²) in [5.74, 6) is -0.626. The Morgan fingerprint density at radius 3 is 2.61 bits per heavy atom. The van der Waals surface area contributed by atoms with Crippen LogP contribution in [-0.4, -0.2) is 24.4 Å². The number of fused-ring (bicyclic) bond motifs is 1. The molecule has 4 rings (SSSR count). The lowest BCUT2D eigenvalue weighted by Crippen LogP contribution is -2.46. The number of nitrogens with one attached hydrogen (secondary N) is 1. The van der Waals surface area contributed by atoms with Crippen LogP contribution in [0.4, 0.5) is 10.1 Å². The Balaban J connectivity index is 1.47. The van der Waals surface area contributed by atoms with E-state index in [1.807, 2.05) is 25.1 Å². The Morgan fingerprint density at radius 1 is 1.06 bits per heavy atom. The van der Waals surface area contributed by atoms with Gasteiger partial charge in [0.1, 0.15) is 12.4 Å². The molecule has 1 heterocycles. The van der Waals surface area contributed by atoms with Crippen LogP contribution in [-0.2, 0) is 16.0 Å². The molecule has 0 bridgehead atoms. The molecule has 0 saturated carbocycles. The van der Waals surface area contributed by atoms with Crippen LogP contribution in [0.15, 0.2) is 84.6 Å². The second-order valence-corrected chi connectivity index (χ2v) is 8.02. The predicted octanol–water partition coefficient (Wildman–Crippen LogP) is 4.73. The van der Waals surface area contributed by atoms with Gasteiger partial charge in [0.05, 0.1) is 5.69 Å². The van der Waals surface area contributed by atoms with Crippen LogP contribution >= 0.6 is 0 Å². The number of halogens is 1. The molecule has 1 atom stereocenters. The zero-order valence-electron chi connectivity index (χ0n) is 18.3. The van der Waals surface area contributed by atoms with Gasteiger partial charge in [0.2, 0.25) is 5.91 Å². The highest BCUT2D eigenvalue weighted by molar-refractivity contribution is 6.12. The topological polar surface area (TPSA) is 58.6 Å². The maximum Gasteiger partial charge on any atom is 0.294 e. The fourth-order valence-corrected chi connectivity index (χ4v) is 3.73. The van der Waals surface area contributed by atoms with E-state index in [9.17, 15) is 14.0 Å². The molecule has 0 spiro atoms. The van der Waals surface area contributed by atoms with Crippen molar-refractivity contribution in [1.29, 1.82) is 0 Å². The van der Waals surface area contributed by atoms with Gasteiger partial charge in [-0.05, 0) is 61.2 Å². The summed E-state index contributed by atoms with van der Waals surface area (Å²) in [5, 5.41) is 2.98. The summed E-state index contributed by atoms with van der Waals surface area (Å²) in [6.45, 7) is 1.81. The lowest BCUT2D eigenvalue weighted by molar-refractivity contribution is -0.123. The Hall–Kier alpha value is -3.93. The number of hydrogen-bond donors (Lipinski definition) is 1. The van der Waals surface area contributed by atoms with Gasteiger partial charge in [-0.3, -0.25) is 14.5 Å². The number of anilines is 1. The molecule has 3 aromatic carbocycles. The zero-order chi connectivity index (χ0) is 23.2. The standard InChI is InChI=1S/C27H25FN2O3/c1-19(14-15-20-8-3-2-4-9-20)29-26(31)18-30-23-12-5-6-13-24(23)33-25(27(30)32)17-21-10-7-11-22(28)16-21/h2-13,16-17,19H,14-15,18H2,1H3,(H,29,31)/b25-17+. The van der Waals surface area contributed by atoms with Crippen molar-refractivity contribution in [3.05, 3.63) is 102 Å². The fourth-order valence-electron chi connectivity index (χ4n) is 3.73. The van der Waals surface area contributed by atoms with Crippen molar-refractivity contribution in [3.63, 3.8) is 0 Å². The molecular formula is C27H25FN2O3. The molecule has 3 aromatic rings. The van der Waals surface area contributed by atoms with Gasteiger partial charge in [-0.2, -0.15) is 0 Å². The van der Waals surface area contributed by atoms with Crippen LogP contribution in [0.2, 0.25) is 0 Å². The normalized spacial score (nSPS) is 15.0. The molecule has 1 unspecified atom stereocenters. The first-order valence-electron chi connectivity index (χ1n) is 10.9. The molecule has 6 heteroatoms. The summed E-state index contributed by atoms with van der Waals surface area (Å²) in [5.41, 5.74) is 2.23. The van der Waals surface area contributed by atoms with E-state index in [0.29, 0.717) is 17.0 Å². The van der Waals surface area contributed by atoms with E-state index in [1.54, 1.807) is 36.4 Å². The Morgan fingerprint density at radius 2 is 1.82 bits per heavy atom. The molecule has 0 aromatic heterocycles. The van der Waals surface area contributed by atoms with Gasteiger partial charge in [0.15, 0.2) is 11.5 Å². The van der Waals surface area contributed by atoms with E-state index >= 15 is 0 Å². The number of para-hydroxylation sites is 2. The summed E-state index contributed by atoms with van der Waals surface area (Å²) in [4.78, 5) is 27.3. The lowest BCUT2D eigenvalue weighted by atomic mass is 10.1. The van der Waals surface area contributed by atoms with Crippen molar-refractivity contribution >= 4 is 23.6 Å². The van der Waals surface area contributed by atoms with Crippen LogP contribution in [0.3, 0.4) is 0 Å². The Bertz CT molecular complexity index is 1180. The van der Waals surface area contributed by atoms with Gasteiger partial charge in [0, 0.05) is 6.04 Å². The minimum absolute atomic E-state index is 0.0317. The van der Waals surface area contributed by atoms with Gasteiger partial charge in [-0.1, -0.05) is 54.6 Å². The highest BCUT2D eigenvalue weighted by atomic mass is 19.1. The summed E-state index contributed by atoms with van der Waals surface area (Å²) in [6.07, 6.45) is 3.12. The number of ether oxygens (including phenoxy) is 1. The first-order chi connectivity index (χ1) is 16.0. The van der Waals surface area contributed by atoms with E-state index in [2.05, 4.69) is 17.4 Å². The third-order valence-corrected chi connectivity index (χ3v) is 5.40. The number of carbonyl (C=O) groups is 2. The van der Waals surface area contributed by atoms with Crippen molar-refractivity contribution in [1.82, 2.24) is 5.32 Å². The summed E-state index contributed by atoms with van der Waals surface area (Å²) < 4.78 is 19.4. The van der Waals surface area contributed by atoms with Gasteiger partial charge in [-0.15, -0.1) is 0 Å². The number of aryl methyl sites for hydroxylation is 1. The fraction of sp³-hybridized carbons (Fsp3) is 0.185. The van der Waals surface area contributed by atoms with Crippen LogP contribution in [0, 0.1) is 5.82 Å². The second kappa shape index (κ2) is 10.1. The van der Waals surface area contributed by atoms with E-state index in [-0.39, 0.29) is 24.3 Å². The van der Waals surface area contributed by atoms with Gasteiger partial charge in [0.25, 0.3) is 5.91 Å². The monoisotopic (exact) mass is 444 g/mol. The van der Waals surface area contributed by atoms with Gasteiger partial charge < -0.3 is 10.1 Å². The van der Waals surface area contributed by atoms with E-state index in [1.165, 1.54) is 28.7 Å². The highest BCUT2D eigenvalue weighted by Crippen LogP contribution is 2.35. The van der Waals surface area contributed by atoms with Gasteiger partial charge in [-0.25, -0.2) is 4.39 Å². The van der Waals surface area contributed by atoms with Crippen LogP contribution < -0.4 is 15.0 Å². The number of nitrogens with zero attached hydrogens (tertiary/aromatic N) is 1. The number of rotatable bonds is 7. The smallest absolute Gasteiger partial charge is 0.294 e. The van der Waals surface area contributed by atoms with Crippen molar-refractivity contribution in [2.24, 2.45) is 0 Å². The molecule has 2 amide bonds. The molecule has 168 valence electrons. The SMILES string of the molecule is CC(CCc1ccccc1)NC(=O)CN1C(=O)/C(=C\c2cccc(F)c2)Oc2ccccc21. The number of carbonyl (C=O) groups excluding carboxylic acids is 2. The molecule has 1 aliphatic rings. The van der Waals surface area contributed by atoms with E-state index < -0.39 is 11.7 Å². The Kier molecular flexibility index (Phi) is 6.83. The quantitative estimate of drug-likeness (QED) is 0.536. The van der Waals surface area contributed by atoms with Crippen LogP contribution in [0.5, 0.6) is 5.75 Å². The predicted molar refractivity (Wildman–Crippen MR) is 126 cm³/mol.